The second-order valence-electron chi connectivity index (χ2n) is 10.9. The first-order valence-corrected chi connectivity index (χ1v) is 15.7. The van der Waals surface area contributed by atoms with Gasteiger partial charge in [0.1, 0.15) is 0 Å². The fraction of sp³-hybridized carbons (Fsp3) is 0.353. The van der Waals surface area contributed by atoms with Crippen molar-refractivity contribution in [3.05, 3.63) is 90.5 Å². The van der Waals surface area contributed by atoms with E-state index in [1.165, 1.54) is 22.4 Å². The van der Waals surface area contributed by atoms with E-state index in [4.69, 9.17) is 0 Å². The standard InChI is InChI=1S/C34H40NO7P.3Na/c1-4-25(33(39)40)20-26(21-27(34(41)42)19-23(2)32(37)38)31(36)35(3)22-24-15-17-30(18-16-24)43(28-11-7-5-8-12-28)29-13-9-6-10-14-29;;;/h5-18,23,25-27H,4,19-22H2,1-3H3,(H,37,38)(H,39,40)(H,41,42);;;/q;3*+1/p-3. The van der Waals surface area contributed by atoms with Gasteiger partial charge in [-0.3, -0.25) is 4.79 Å². The van der Waals surface area contributed by atoms with Crippen LogP contribution in [0, 0.1) is 23.7 Å². The molecule has 0 radical (unpaired) electrons. The number of carboxylic acids is 3. The Morgan fingerprint density at radius 2 is 1.07 bits per heavy atom. The van der Waals surface area contributed by atoms with Crippen LogP contribution in [-0.4, -0.2) is 35.8 Å². The quantitative estimate of drug-likeness (QED) is 0.109. The van der Waals surface area contributed by atoms with E-state index < -0.39 is 55.4 Å². The van der Waals surface area contributed by atoms with Crippen molar-refractivity contribution in [3.63, 3.8) is 0 Å². The molecule has 0 aliphatic carbocycles. The summed E-state index contributed by atoms with van der Waals surface area (Å²) in [4.78, 5) is 49.9. The van der Waals surface area contributed by atoms with Crippen molar-refractivity contribution >= 4 is 47.7 Å². The van der Waals surface area contributed by atoms with E-state index in [1.807, 2.05) is 60.7 Å². The second-order valence-corrected chi connectivity index (χ2v) is 13.2. The molecule has 0 heterocycles. The molecular weight excluding hydrogens is 634 g/mol. The van der Waals surface area contributed by atoms with Gasteiger partial charge in [-0.1, -0.05) is 98.8 Å². The first kappa shape index (κ1) is 45.0. The largest absolute Gasteiger partial charge is 1.00 e. The Bertz CT molecular complexity index is 1340. The summed E-state index contributed by atoms with van der Waals surface area (Å²) in [7, 11) is 0.787. The van der Waals surface area contributed by atoms with Gasteiger partial charge in [-0.05, 0) is 72.8 Å². The molecule has 8 nitrogen and oxygen atoms in total. The molecule has 4 unspecified atom stereocenters. The first-order valence-electron chi connectivity index (χ1n) is 14.4. The van der Waals surface area contributed by atoms with Crippen LogP contribution in [-0.2, 0) is 25.7 Å². The zero-order chi connectivity index (χ0) is 31.5. The fourth-order valence-electron chi connectivity index (χ4n) is 5.24. The molecule has 0 aromatic heterocycles. The third-order valence-electron chi connectivity index (χ3n) is 7.71. The van der Waals surface area contributed by atoms with Crippen LogP contribution in [0.2, 0.25) is 0 Å². The average molecular weight is 672 g/mol. The van der Waals surface area contributed by atoms with Gasteiger partial charge in [-0.25, -0.2) is 0 Å². The Morgan fingerprint density at radius 3 is 1.48 bits per heavy atom. The minimum atomic E-state index is -1.49. The molecule has 3 rings (SSSR count). The fourth-order valence-corrected chi connectivity index (χ4v) is 7.52. The Morgan fingerprint density at radius 1 is 0.630 bits per heavy atom. The van der Waals surface area contributed by atoms with Gasteiger partial charge in [-0.2, -0.15) is 0 Å². The van der Waals surface area contributed by atoms with Crippen LogP contribution in [0.4, 0.5) is 0 Å². The third-order valence-corrected chi connectivity index (χ3v) is 10.2. The van der Waals surface area contributed by atoms with E-state index in [0.29, 0.717) is 0 Å². The predicted octanol–water partition coefficient (Wildman–Crippen LogP) is -8.27. The number of amides is 1. The molecule has 3 aromatic rings. The van der Waals surface area contributed by atoms with Crippen molar-refractivity contribution in [1.82, 2.24) is 4.90 Å². The second kappa shape index (κ2) is 22.6. The Hall–Kier alpha value is -1.03. The minimum absolute atomic E-state index is 0. The zero-order valence-electron chi connectivity index (χ0n) is 27.7. The SMILES string of the molecule is CCC(CC(CC(CC(C)C(=O)[O-])C(=O)[O-])C(=O)N(C)Cc1ccc(P(c2ccccc2)c2ccccc2)cc1)C(=O)[O-].[Na+].[Na+].[Na+]. The number of carbonyl (C=O) groups excluding carboxylic acids is 4. The first-order chi connectivity index (χ1) is 20.5. The van der Waals surface area contributed by atoms with Gasteiger partial charge in [0, 0.05) is 37.4 Å². The number of benzene rings is 3. The number of rotatable bonds is 16. The molecule has 46 heavy (non-hydrogen) atoms. The molecule has 0 aliphatic heterocycles. The van der Waals surface area contributed by atoms with Crippen LogP contribution in [0.15, 0.2) is 84.9 Å². The van der Waals surface area contributed by atoms with Gasteiger partial charge in [0.15, 0.2) is 0 Å². The number of carboxylic acid groups (broad SMARTS) is 3. The Kier molecular flexibility index (Phi) is 22.1. The van der Waals surface area contributed by atoms with Crippen molar-refractivity contribution in [2.24, 2.45) is 23.7 Å². The van der Waals surface area contributed by atoms with Crippen LogP contribution in [0.5, 0.6) is 0 Å². The molecule has 0 saturated carbocycles. The molecule has 0 bridgehead atoms. The molecule has 0 aliphatic rings. The molecule has 12 heteroatoms. The summed E-state index contributed by atoms with van der Waals surface area (Å²) in [5, 5.41) is 38.4. The number of aliphatic carboxylic acids is 3. The van der Waals surface area contributed by atoms with Crippen LogP contribution >= 0.6 is 7.92 Å². The maximum atomic E-state index is 13.6. The van der Waals surface area contributed by atoms with Gasteiger partial charge in [-0.15, -0.1) is 0 Å². The van der Waals surface area contributed by atoms with Crippen molar-refractivity contribution in [3.8, 4) is 0 Å². The van der Waals surface area contributed by atoms with Crippen LogP contribution in [0.1, 0.15) is 45.1 Å². The summed E-state index contributed by atoms with van der Waals surface area (Å²) in [6, 6.07) is 28.5. The van der Waals surface area contributed by atoms with Gasteiger partial charge in [0.2, 0.25) is 5.91 Å². The number of hydrogen-bond donors (Lipinski definition) is 0. The van der Waals surface area contributed by atoms with E-state index in [2.05, 4.69) is 24.3 Å². The topological polar surface area (TPSA) is 141 Å². The normalized spacial score (nSPS) is 13.0. The van der Waals surface area contributed by atoms with Gasteiger partial charge in [0.05, 0.1) is 0 Å². The minimum Gasteiger partial charge on any atom is -0.550 e. The molecule has 228 valence electrons. The molecule has 1 amide bonds. The van der Waals surface area contributed by atoms with E-state index in [0.717, 1.165) is 10.9 Å². The number of hydrogen-bond acceptors (Lipinski definition) is 7. The van der Waals surface area contributed by atoms with Gasteiger partial charge < -0.3 is 34.6 Å². The summed E-state index contributed by atoms with van der Waals surface area (Å²) in [5.74, 6) is -8.91. The molecule has 0 fully saturated rings. The van der Waals surface area contributed by atoms with Crippen molar-refractivity contribution in [2.75, 3.05) is 7.05 Å². The third kappa shape index (κ3) is 13.5. The van der Waals surface area contributed by atoms with Crippen molar-refractivity contribution < 1.29 is 123 Å². The maximum Gasteiger partial charge on any atom is 1.00 e. The monoisotopic (exact) mass is 671 g/mol. The Balaban J connectivity index is 0.00000675. The molecule has 0 spiro atoms. The Labute approximate surface area is 339 Å². The average Bonchev–Trinajstić information content (AvgIpc) is 3.00. The molecule has 0 N–H and O–H groups in total. The zero-order valence-corrected chi connectivity index (χ0v) is 34.6. The summed E-state index contributed by atoms with van der Waals surface area (Å²) in [6.45, 7) is 3.20. The predicted molar refractivity (Wildman–Crippen MR) is 160 cm³/mol. The number of nitrogens with zero attached hydrogens (tertiary/aromatic N) is 1. The molecular formula is C34H37NNa3O7P. The van der Waals surface area contributed by atoms with Crippen LogP contribution < -0.4 is 120 Å². The van der Waals surface area contributed by atoms with E-state index in [9.17, 15) is 34.5 Å². The summed E-state index contributed by atoms with van der Waals surface area (Å²) in [6.07, 6.45) is -0.449. The summed E-state index contributed by atoms with van der Waals surface area (Å²) < 4.78 is 0. The van der Waals surface area contributed by atoms with Crippen LogP contribution in [0.3, 0.4) is 0 Å². The number of carbonyl (C=O) groups is 4. The van der Waals surface area contributed by atoms with Gasteiger partial charge in [0.25, 0.3) is 0 Å². The molecule has 3 aromatic carbocycles. The maximum absolute atomic E-state index is 13.6. The van der Waals surface area contributed by atoms with E-state index in [-0.39, 0.29) is 121 Å². The summed E-state index contributed by atoms with van der Waals surface area (Å²) >= 11 is 0. The van der Waals surface area contributed by atoms with E-state index in [1.54, 1.807) is 14.0 Å². The van der Waals surface area contributed by atoms with Crippen molar-refractivity contribution in [1.29, 1.82) is 0 Å². The summed E-state index contributed by atoms with van der Waals surface area (Å²) in [5.41, 5.74) is 0.850. The molecule has 0 saturated heterocycles. The van der Waals surface area contributed by atoms with E-state index >= 15 is 0 Å². The smallest absolute Gasteiger partial charge is 0.550 e. The van der Waals surface area contributed by atoms with Gasteiger partial charge >= 0.3 is 88.7 Å². The van der Waals surface area contributed by atoms with Crippen molar-refractivity contribution in [2.45, 2.75) is 46.1 Å². The molecule has 4 atom stereocenters. The van der Waals surface area contributed by atoms with Crippen LogP contribution in [0.25, 0.3) is 0 Å².